The maximum absolute atomic E-state index is 13.3. The Labute approximate surface area is 136 Å². The Kier molecular flexibility index (Phi) is 5.79. The van der Waals surface area contributed by atoms with Crippen LogP contribution in [0.4, 0.5) is 8.78 Å². The molecular weight excluding hydrogens is 356 g/mol. The Morgan fingerprint density at radius 1 is 1.14 bits per heavy atom. The maximum Gasteiger partial charge on any atom is 0.159 e. The molecule has 5 heteroatoms. The summed E-state index contributed by atoms with van der Waals surface area (Å²) in [5.41, 5.74) is 1.13. The van der Waals surface area contributed by atoms with Gasteiger partial charge in [-0.25, -0.2) is 8.78 Å². The second-order valence-electron chi connectivity index (χ2n) is 4.64. The van der Waals surface area contributed by atoms with E-state index < -0.39 is 11.6 Å². The SMILES string of the molecule is CCNC(C)c1cc(Br)ccc1Sc1ccc(F)c(F)c1. The zero-order valence-electron chi connectivity index (χ0n) is 11.8. The summed E-state index contributed by atoms with van der Waals surface area (Å²) in [7, 11) is 0. The first-order valence-electron chi connectivity index (χ1n) is 6.67. The topological polar surface area (TPSA) is 12.0 Å². The first kappa shape index (κ1) is 16.5. The highest BCUT2D eigenvalue weighted by molar-refractivity contribution is 9.10. The molecule has 0 heterocycles. The van der Waals surface area contributed by atoms with Gasteiger partial charge in [0.1, 0.15) is 0 Å². The maximum atomic E-state index is 13.3. The molecule has 0 saturated heterocycles. The average Bonchev–Trinajstić information content (AvgIpc) is 2.45. The molecule has 0 aliphatic rings. The Morgan fingerprint density at radius 2 is 1.90 bits per heavy atom. The molecule has 1 N–H and O–H groups in total. The summed E-state index contributed by atoms with van der Waals surface area (Å²) in [5.74, 6) is -1.64. The van der Waals surface area contributed by atoms with E-state index in [-0.39, 0.29) is 6.04 Å². The van der Waals surface area contributed by atoms with Gasteiger partial charge in [-0.1, -0.05) is 34.6 Å². The van der Waals surface area contributed by atoms with Gasteiger partial charge in [-0.15, -0.1) is 0 Å². The van der Waals surface area contributed by atoms with Gasteiger partial charge in [0.15, 0.2) is 11.6 Å². The number of rotatable bonds is 5. The highest BCUT2D eigenvalue weighted by atomic mass is 79.9. The van der Waals surface area contributed by atoms with E-state index in [1.165, 1.54) is 17.8 Å². The quantitative estimate of drug-likeness (QED) is 0.739. The Morgan fingerprint density at radius 3 is 2.57 bits per heavy atom. The molecular formula is C16H16BrF2NS. The average molecular weight is 372 g/mol. The van der Waals surface area contributed by atoms with Crippen molar-refractivity contribution in [1.82, 2.24) is 5.32 Å². The predicted molar refractivity (Wildman–Crippen MR) is 86.7 cm³/mol. The van der Waals surface area contributed by atoms with Gasteiger partial charge in [0.25, 0.3) is 0 Å². The van der Waals surface area contributed by atoms with Gasteiger partial charge < -0.3 is 5.32 Å². The lowest BCUT2D eigenvalue weighted by molar-refractivity contribution is 0.506. The predicted octanol–water partition coefficient (Wildman–Crippen LogP) is 5.55. The molecule has 2 aromatic carbocycles. The normalized spacial score (nSPS) is 12.4. The van der Waals surface area contributed by atoms with E-state index in [9.17, 15) is 8.78 Å². The van der Waals surface area contributed by atoms with Gasteiger partial charge in [0.2, 0.25) is 0 Å². The van der Waals surface area contributed by atoms with Crippen molar-refractivity contribution in [2.24, 2.45) is 0 Å². The highest BCUT2D eigenvalue weighted by Crippen LogP contribution is 2.35. The van der Waals surface area contributed by atoms with Crippen LogP contribution in [-0.2, 0) is 0 Å². The standard InChI is InChI=1S/C16H16BrF2NS/c1-3-20-10(2)13-8-11(17)4-7-16(13)21-12-5-6-14(18)15(19)9-12/h4-10,20H,3H2,1-2H3. The third-order valence-electron chi connectivity index (χ3n) is 3.07. The third-order valence-corrected chi connectivity index (χ3v) is 4.64. The molecule has 0 aliphatic heterocycles. The Hall–Kier alpha value is -0.910. The van der Waals surface area contributed by atoms with Crippen molar-refractivity contribution in [3.8, 4) is 0 Å². The summed E-state index contributed by atoms with van der Waals surface area (Å²) in [4.78, 5) is 1.71. The number of hydrogen-bond donors (Lipinski definition) is 1. The molecule has 0 fully saturated rings. The van der Waals surface area contributed by atoms with E-state index in [0.717, 1.165) is 27.5 Å². The van der Waals surface area contributed by atoms with Crippen molar-refractivity contribution in [3.63, 3.8) is 0 Å². The van der Waals surface area contributed by atoms with Gasteiger partial charge in [0.05, 0.1) is 0 Å². The van der Waals surface area contributed by atoms with Crippen LogP contribution < -0.4 is 5.32 Å². The van der Waals surface area contributed by atoms with Crippen LogP contribution >= 0.6 is 27.7 Å². The minimum Gasteiger partial charge on any atom is -0.310 e. The van der Waals surface area contributed by atoms with Crippen LogP contribution in [0.3, 0.4) is 0 Å². The lowest BCUT2D eigenvalue weighted by Crippen LogP contribution is -2.18. The van der Waals surface area contributed by atoms with Crippen LogP contribution in [0.1, 0.15) is 25.5 Å². The van der Waals surface area contributed by atoms with Crippen LogP contribution in [-0.4, -0.2) is 6.54 Å². The zero-order valence-corrected chi connectivity index (χ0v) is 14.2. The molecule has 2 rings (SSSR count). The molecule has 0 amide bonds. The van der Waals surface area contributed by atoms with Crippen molar-refractivity contribution >= 4 is 27.7 Å². The molecule has 0 bridgehead atoms. The first-order valence-corrected chi connectivity index (χ1v) is 8.28. The first-order chi connectivity index (χ1) is 10.0. The molecule has 0 spiro atoms. The summed E-state index contributed by atoms with van der Waals surface area (Å²) < 4.78 is 27.3. The molecule has 0 radical (unpaired) electrons. The lowest BCUT2D eigenvalue weighted by Gasteiger charge is -2.17. The molecule has 0 saturated carbocycles. The van der Waals surface area contributed by atoms with E-state index in [1.54, 1.807) is 6.07 Å². The van der Waals surface area contributed by atoms with Gasteiger partial charge in [-0.05, 0) is 55.4 Å². The molecule has 112 valence electrons. The van der Waals surface area contributed by atoms with E-state index in [2.05, 4.69) is 41.2 Å². The summed E-state index contributed by atoms with van der Waals surface area (Å²) in [6, 6.07) is 10.1. The smallest absolute Gasteiger partial charge is 0.159 e. The van der Waals surface area contributed by atoms with E-state index >= 15 is 0 Å². The van der Waals surface area contributed by atoms with Gasteiger partial charge >= 0.3 is 0 Å². The Balaban J connectivity index is 2.32. The second-order valence-corrected chi connectivity index (χ2v) is 6.67. The number of benzene rings is 2. The van der Waals surface area contributed by atoms with Gasteiger partial charge in [-0.3, -0.25) is 0 Å². The fourth-order valence-electron chi connectivity index (χ4n) is 2.03. The fourth-order valence-corrected chi connectivity index (χ4v) is 3.45. The fraction of sp³-hybridized carbons (Fsp3) is 0.250. The Bertz CT molecular complexity index is 634. The van der Waals surface area contributed by atoms with Crippen molar-refractivity contribution in [1.29, 1.82) is 0 Å². The van der Waals surface area contributed by atoms with Gasteiger partial charge in [-0.2, -0.15) is 0 Å². The van der Waals surface area contributed by atoms with Crippen molar-refractivity contribution in [2.45, 2.75) is 29.7 Å². The second kappa shape index (κ2) is 7.38. The molecule has 1 unspecified atom stereocenters. The minimum atomic E-state index is -0.823. The summed E-state index contributed by atoms with van der Waals surface area (Å²) in [6.07, 6.45) is 0. The molecule has 21 heavy (non-hydrogen) atoms. The van der Waals surface area contributed by atoms with E-state index in [1.807, 2.05) is 12.1 Å². The van der Waals surface area contributed by atoms with Crippen LogP contribution in [0, 0.1) is 11.6 Å². The summed E-state index contributed by atoms with van der Waals surface area (Å²) in [5, 5.41) is 3.37. The minimum absolute atomic E-state index is 0.181. The molecule has 0 aromatic heterocycles. The lowest BCUT2D eigenvalue weighted by atomic mass is 10.1. The number of halogens is 3. The third kappa shape index (κ3) is 4.28. The number of hydrogen-bond acceptors (Lipinski definition) is 2. The van der Waals surface area contributed by atoms with Crippen molar-refractivity contribution in [2.75, 3.05) is 6.54 Å². The summed E-state index contributed by atoms with van der Waals surface area (Å²) >= 11 is 4.91. The summed E-state index contributed by atoms with van der Waals surface area (Å²) in [6.45, 7) is 5.00. The van der Waals surface area contributed by atoms with Crippen molar-refractivity contribution < 1.29 is 8.78 Å². The monoisotopic (exact) mass is 371 g/mol. The van der Waals surface area contributed by atoms with Crippen LogP contribution in [0.25, 0.3) is 0 Å². The molecule has 2 aromatic rings. The van der Waals surface area contributed by atoms with Crippen LogP contribution in [0.2, 0.25) is 0 Å². The number of nitrogens with one attached hydrogen (secondary N) is 1. The van der Waals surface area contributed by atoms with Crippen LogP contribution in [0.15, 0.2) is 50.7 Å². The van der Waals surface area contributed by atoms with E-state index in [0.29, 0.717) is 4.90 Å². The largest absolute Gasteiger partial charge is 0.310 e. The molecule has 1 atom stereocenters. The van der Waals surface area contributed by atoms with Gasteiger partial charge in [0, 0.05) is 20.3 Å². The van der Waals surface area contributed by atoms with Crippen molar-refractivity contribution in [3.05, 3.63) is 58.1 Å². The molecule has 0 aliphatic carbocycles. The highest BCUT2D eigenvalue weighted by Gasteiger charge is 2.12. The van der Waals surface area contributed by atoms with Crippen LogP contribution in [0.5, 0.6) is 0 Å². The molecule has 1 nitrogen and oxygen atoms in total. The van der Waals surface area contributed by atoms with E-state index in [4.69, 9.17) is 0 Å². The zero-order chi connectivity index (χ0) is 15.4.